The molecule has 1 aliphatic rings. The van der Waals surface area contributed by atoms with E-state index >= 15 is 0 Å². The SMILES string of the molecule is CC(=O)C=C1CCN(C(=O)c2ccc(OC(C)C)c(C)c2)CC1. The molecule has 23 heavy (non-hydrogen) atoms. The molecule has 0 bridgehead atoms. The van der Waals surface area contributed by atoms with Crippen molar-refractivity contribution in [3.8, 4) is 5.75 Å². The van der Waals surface area contributed by atoms with Gasteiger partial charge in [-0.3, -0.25) is 9.59 Å². The molecule has 0 N–H and O–H groups in total. The summed E-state index contributed by atoms with van der Waals surface area (Å²) in [5.41, 5.74) is 2.80. The van der Waals surface area contributed by atoms with Crippen molar-refractivity contribution in [3.63, 3.8) is 0 Å². The first-order valence-electron chi connectivity index (χ1n) is 8.13. The molecule has 0 aliphatic carbocycles. The molecule has 1 aliphatic heterocycles. The third kappa shape index (κ3) is 4.68. The van der Waals surface area contributed by atoms with Crippen LogP contribution in [0.5, 0.6) is 5.75 Å². The van der Waals surface area contributed by atoms with Crippen LogP contribution in [0.2, 0.25) is 0 Å². The Morgan fingerprint density at radius 2 is 1.87 bits per heavy atom. The molecular weight excluding hydrogens is 290 g/mol. The summed E-state index contributed by atoms with van der Waals surface area (Å²) in [7, 11) is 0. The smallest absolute Gasteiger partial charge is 0.253 e. The first-order valence-corrected chi connectivity index (χ1v) is 8.13. The number of likely N-dealkylation sites (tertiary alicyclic amines) is 1. The molecule has 1 heterocycles. The maximum absolute atomic E-state index is 12.6. The lowest BCUT2D eigenvalue weighted by Crippen LogP contribution is -2.36. The molecule has 2 rings (SSSR count). The highest BCUT2D eigenvalue weighted by atomic mass is 16.5. The van der Waals surface area contributed by atoms with Crippen molar-refractivity contribution < 1.29 is 14.3 Å². The van der Waals surface area contributed by atoms with E-state index in [2.05, 4.69) is 0 Å². The maximum Gasteiger partial charge on any atom is 0.253 e. The zero-order chi connectivity index (χ0) is 17.0. The predicted octanol–water partition coefficient (Wildman–Crippen LogP) is 3.53. The zero-order valence-corrected chi connectivity index (χ0v) is 14.4. The summed E-state index contributed by atoms with van der Waals surface area (Å²) in [6, 6.07) is 5.59. The van der Waals surface area contributed by atoms with Crippen molar-refractivity contribution in [3.05, 3.63) is 41.0 Å². The third-order valence-corrected chi connectivity index (χ3v) is 3.88. The number of allylic oxidation sites excluding steroid dienone is 1. The number of nitrogens with zero attached hydrogens (tertiary/aromatic N) is 1. The van der Waals surface area contributed by atoms with Gasteiger partial charge in [0.05, 0.1) is 6.10 Å². The number of carbonyl (C=O) groups is 2. The molecular formula is C19H25NO3. The number of aryl methyl sites for hydroxylation is 1. The Labute approximate surface area is 138 Å². The summed E-state index contributed by atoms with van der Waals surface area (Å²) >= 11 is 0. The van der Waals surface area contributed by atoms with Crippen LogP contribution in [0.4, 0.5) is 0 Å². The minimum Gasteiger partial charge on any atom is -0.491 e. The monoisotopic (exact) mass is 315 g/mol. The van der Waals surface area contributed by atoms with E-state index in [9.17, 15) is 9.59 Å². The van der Waals surface area contributed by atoms with Gasteiger partial charge in [0.1, 0.15) is 5.75 Å². The Bertz CT molecular complexity index is 622. The molecule has 1 amide bonds. The van der Waals surface area contributed by atoms with Crippen molar-refractivity contribution in [1.29, 1.82) is 0 Å². The minimum absolute atomic E-state index is 0.0473. The van der Waals surface area contributed by atoms with Gasteiger partial charge in [-0.1, -0.05) is 5.57 Å². The lowest BCUT2D eigenvalue weighted by Gasteiger charge is -2.28. The van der Waals surface area contributed by atoms with E-state index in [4.69, 9.17) is 4.74 Å². The molecule has 1 aromatic carbocycles. The molecule has 1 aromatic rings. The zero-order valence-electron chi connectivity index (χ0n) is 14.4. The Morgan fingerprint density at radius 3 is 2.39 bits per heavy atom. The third-order valence-electron chi connectivity index (χ3n) is 3.88. The highest BCUT2D eigenvalue weighted by Gasteiger charge is 2.21. The van der Waals surface area contributed by atoms with Gasteiger partial charge < -0.3 is 9.64 Å². The summed E-state index contributed by atoms with van der Waals surface area (Å²) in [4.78, 5) is 25.6. The van der Waals surface area contributed by atoms with E-state index < -0.39 is 0 Å². The molecule has 4 heteroatoms. The van der Waals surface area contributed by atoms with Gasteiger partial charge in [-0.15, -0.1) is 0 Å². The van der Waals surface area contributed by atoms with Crippen molar-refractivity contribution in [2.75, 3.05) is 13.1 Å². The normalized spacial score (nSPS) is 14.8. The molecule has 0 atom stereocenters. The number of hydrogen-bond acceptors (Lipinski definition) is 3. The second-order valence-corrected chi connectivity index (χ2v) is 6.35. The second kappa shape index (κ2) is 7.44. The topological polar surface area (TPSA) is 46.6 Å². The lowest BCUT2D eigenvalue weighted by atomic mass is 10.0. The molecule has 124 valence electrons. The van der Waals surface area contributed by atoms with Crippen LogP contribution in [0.15, 0.2) is 29.8 Å². The van der Waals surface area contributed by atoms with E-state index in [0.717, 1.165) is 29.7 Å². The van der Waals surface area contributed by atoms with Crippen LogP contribution in [-0.4, -0.2) is 35.8 Å². The van der Waals surface area contributed by atoms with Gasteiger partial charge in [-0.2, -0.15) is 0 Å². The average Bonchev–Trinajstić information content (AvgIpc) is 2.48. The van der Waals surface area contributed by atoms with Gasteiger partial charge in [0.25, 0.3) is 5.91 Å². The molecule has 0 saturated carbocycles. The summed E-state index contributed by atoms with van der Waals surface area (Å²) in [6.45, 7) is 8.83. The van der Waals surface area contributed by atoms with Gasteiger partial charge in [0.15, 0.2) is 5.78 Å². The van der Waals surface area contributed by atoms with E-state index in [1.54, 1.807) is 13.0 Å². The van der Waals surface area contributed by atoms with Crippen LogP contribution < -0.4 is 4.74 Å². The molecule has 0 aromatic heterocycles. The molecule has 4 nitrogen and oxygen atoms in total. The van der Waals surface area contributed by atoms with E-state index in [-0.39, 0.29) is 17.8 Å². The van der Waals surface area contributed by atoms with Gasteiger partial charge >= 0.3 is 0 Å². The molecule has 0 radical (unpaired) electrons. The van der Waals surface area contributed by atoms with Crippen molar-refractivity contribution in [2.45, 2.75) is 46.6 Å². The first-order chi connectivity index (χ1) is 10.9. The van der Waals surface area contributed by atoms with Gasteiger partial charge in [-0.05, 0) is 70.4 Å². The number of rotatable bonds is 4. The highest BCUT2D eigenvalue weighted by molar-refractivity contribution is 5.95. The Kier molecular flexibility index (Phi) is 5.59. The summed E-state index contributed by atoms with van der Waals surface area (Å²) < 4.78 is 5.71. The number of ketones is 1. The largest absolute Gasteiger partial charge is 0.491 e. The van der Waals surface area contributed by atoms with Crippen molar-refractivity contribution in [1.82, 2.24) is 4.90 Å². The van der Waals surface area contributed by atoms with Crippen LogP contribution in [0, 0.1) is 6.92 Å². The number of carbonyl (C=O) groups excluding carboxylic acids is 2. The Morgan fingerprint density at radius 1 is 1.22 bits per heavy atom. The Balaban J connectivity index is 2.04. The summed E-state index contributed by atoms with van der Waals surface area (Å²) in [6.07, 6.45) is 3.37. The van der Waals surface area contributed by atoms with Gasteiger partial charge in [0, 0.05) is 18.7 Å². The quantitative estimate of drug-likeness (QED) is 0.799. The lowest BCUT2D eigenvalue weighted by molar-refractivity contribution is -0.112. The van der Waals surface area contributed by atoms with Crippen LogP contribution in [0.1, 0.15) is 49.5 Å². The summed E-state index contributed by atoms with van der Waals surface area (Å²) in [5, 5.41) is 0. The highest BCUT2D eigenvalue weighted by Crippen LogP contribution is 2.23. The van der Waals surface area contributed by atoms with Crippen molar-refractivity contribution >= 4 is 11.7 Å². The fourth-order valence-electron chi connectivity index (χ4n) is 2.78. The van der Waals surface area contributed by atoms with E-state index in [1.807, 2.05) is 43.9 Å². The van der Waals surface area contributed by atoms with Crippen LogP contribution in [0.3, 0.4) is 0 Å². The van der Waals surface area contributed by atoms with Crippen LogP contribution >= 0.6 is 0 Å². The minimum atomic E-state index is 0.0473. The number of ether oxygens (including phenoxy) is 1. The van der Waals surface area contributed by atoms with E-state index in [1.165, 1.54) is 0 Å². The van der Waals surface area contributed by atoms with Crippen molar-refractivity contribution in [2.24, 2.45) is 0 Å². The standard InChI is InChI=1S/C19H25NO3/c1-13(2)23-18-6-5-17(11-14(18)3)19(22)20-9-7-16(8-10-20)12-15(4)21/h5-6,11-13H,7-10H2,1-4H3. The first kappa shape index (κ1) is 17.3. The predicted molar refractivity (Wildman–Crippen MR) is 90.8 cm³/mol. The number of benzene rings is 1. The molecule has 0 unspecified atom stereocenters. The second-order valence-electron chi connectivity index (χ2n) is 6.35. The molecule has 1 saturated heterocycles. The maximum atomic E-state index is 12.6. The fourth-order valence-corrected chi connectivity index (χ4v) is 2.78. The van der Waals surface area contributed by atoms with E-state index in [0.29, 0.717) is 18.7 Å². The number of hydrogen-bond donors (Lipinski definition) is 0. The molecule has 1 fully saturated rings. The fraction of sp³-hybridized carbons (Fsp3) is 0.474. The van der Waals surface area contributed by atoms with Gasteiger partial charge in [-0.25, -0.2) is 0 Å². The van der Waals surface area contributed by atoms with Crippen LogP contribution in [-0.2, 0) is 4.79 Å². The van der Waals surface area contributed by atoms with Crippen LogP contribution in [0.25, 0.3) is 0 Å². The average molecular weight is 315 g/mol. The molecule has 0 spiro atoms. The summed E-state index contributed by atoms with van der Waals surface area (Å²) in [5.74, 6) is 0.948. The number of piperidine rings is 1. The van der Waals surface area contributed by atoms with Gasteiger partial charge in [0.2, 0.25) is 0 Å². The Hall–Kier alpha value is -2.10. The number of amides is 1.